The summed E-state index contributed by atoms with van der Waals surface area (Å²) in [6.07, 6.45) is 2.88. The Hall–Kier alpha value is -0.940. The zero-order chi connectivity index (χ0) is 11.6. The molecular formula is C11H21N5. The predicted molar refractivity (Wildman–Crippen MR) is 62.9 cm³/mol. The van der Waals surface area contributed by atoms with E-state index >= 15 is 0 Å². The molecule has 0 aromatic carbocycles. The Labute approximate surface area is 96.8 Å². The van der Waals surface area contributed by atoms with E-state index in [9.17, 15) is 0 Å². The quantitative estimate of drug-likeness (QED) is 0.794. The van der Waals surface area contributed by atoms with Gasteiger partial charge >= 0.3 is 0 Å². The number of aromatic nitrogens is 3. The number of hydrogen-bond donors (Lipinski definition) is 1. The summed E-state index contributed by atoms with van der Waals surface area (Å²) in [5, 5.41) is 7.38. The van der Waals surface area contributed by atoms with Gasteiger partial charge in [0.1, 0.15) is 12.2 Å². The van der Waals surface area contributed by atoms with Gasteiger partial charge in [0.2, 0.25) is 0 Å². The molecule has 90 valence electrons. The number of likely N-dealkylation sites (tertiary alicyclic amines) is 1. The van der Waals surface area contributed by atoms with E-state index in [0.717, 1.165) is 32.0 Å². The molecule has 1 aliphatic rings. The molecule has 1 unspecified atom stereocenters. The van der Waals surface area contributed by atoms with Crippen LogP contribution < -0.4 is 5.32 Å². The third kappa shape index (κ3) is 2.41. The molecule has 1 aromatic rings. The molecule has 1 aromatic heterocycles. The molecular weight excluding hydrogens is 202 g/mol. The minimum Gasteiger partial charge on any atom is -0.319 e. The van der Waals surface area contributed by atoms with Gasteiger partial charge in [0, 0.05) is 20.1 Å². The fraction of sp³-hybridized carbons (Fsp3) is 0.818. The predicted octanol–water partition coefficient (Wildman–Crippen LogP) is 0.246. The van der Waals surface area contributed by atoms with E-state index in [4.69, 9.17) is 0 Å². The molecule has 5 nitrogen and oxygen atoms in total. The first-order chi connectivity index (χ1) is 7.63. The summed E-state index contributed by atoms with van der Waals surface area (Å²) in [6, 6.07) is 0. The Morgan fingerprint density at radius 1 is 1.56 bits per heavy atom. The lowest BCUT2D eigenvalue weighted by Gasteiger charge is -2.24. The van der Waals surface area contributed by atoms with Gasteiger partial charge in [0.25, 0.3) is 0 Å². The maximum atomic E-state index is 4.27. The third-order valence-electron chi connectivity index (χ3n) is 3.41. The van der Waals surface area contributed by atoms with Gasteiger partial charge < -0.3 is 5.32 Å². The molecule has 5 heteroatoms. The smallest absolute Gasteiger partial charge is 0.140 e. The van der Waals surface area contributed by atoms with E-state index in [1.807, 2.05) is 18.8 Å². The van der Waals surface area contributed by atoms with Crippen LogP contribution in [0.25, 0.3) is 0 Å². The van der Waals surface area contributed by atoms with Crippen molar-refractivity contribution in [3.8, 4) is 0 Å². The Balaban J connectivity index is 1.92. The molecule has 2 rings (SSSR count). The molecule has 1 fully saturated rings. The molecule has 0 spiro atoms. The molecule has 1 atom stereocenters. The van der Waals surface area contributed by atoms with Gasteiger partial charge in [-0.2, -0.15) is 5.10 Å². The first-order valence-electron chi connectivity index (χ1n) is 5.83. The molecule has 0 aliphatic carbocycles. The average Bonchev–Trinajstić information content (AvgIpc) is 2.77. The van der Waals surface area contributed by atoms with Crippen molar-refractivity contribution in [2.45, 2.75) is 19.9 Å². The highest BCUT2D eigenvalue weighted by Crippen LogP contribution is 2.29. The average molecular weight is 223 g/mol. The second kappa shape index (κ2) is 4.51. The summed E-state index contributed by atoms with van der Waals surface area (Å²) in [5.74, 6) is 1.05. The van der Waals surface area contributed by atoms with Crippen molar-refractivity contribution in [3.63, 3.8) is 0 Å². The molecule has 0 radical (unpaired) electrons. The summed E-state index contributed by atoms with van der Waals surface area (Å²) in [4.78, 5) is 6.73. The number of nitrogens with one attached hydrogen (secondary N) is 1. The standard InChI is InChI=1S/C11H21N5/c1-11(7-12-2)4-5-16(8-11)6-10-13-9-14-15(10)3/h9,12H,4-8H2,1-3H3. The van der Waals surface area contributed by atoms with Crippen LogP contribution in [-0.2, 0) is 13.6 Å². The molecule has 0 amide bonds. The Morgan fingerprint density at radius 3 is 3.00 bits per heavy atom. The molecule has 1 saturated heterocycles. The van der Waals surface area contributed by atoms with Crippen molar-refractivity contribution in [1.29, 1.82) is 0 Å². The Bertz CT molecular complexity index is 348. The lowest BCUT2D eigenvalue weighted by atomic mass is 9.90. The minimum absolute atomic E-state index is 0.410. The number of hydrogen-bond acceptors (Lipinski definition) is 4. The van der Waals surface area contributed by atoms with Crippen LogP contribution >= 0.6 is 0 Å². The molecule has 0 bridgehead atoms. The van der Waals surface area contributed by atoms with Gasteiger partial charge in [-0.3, -0.25) is 9.58 Å². The molecule has 1 N–H and O–H groups in total. The van der Waals surface area contributed by atoms with Crippen molar-refractivity contribution in [1.82, 2.24) is 25.0 Å². The molecule has 0 saturated carbocycles. The third-order valence-corrected chi connectivity index (χ3v) is 3.41. The van der Waals surface area contributed by atoms with Gasteiger partial charge in [-0.1, -0.05) is 6.92 Å². The highest BCUT2D eigenvalue weighted by Gasteiger charge is 2.33. The summed E-state index contributed by atoms with van der Waals surface area (Å²) in [6.45, 7) is 6.64. The summed E-state index contributed by atoms with van der Waals surface area (Å²) in [5.41, 5.74) is 0.410. The van der Waals surface area contributed by atoms with Crippen LogP contribution in [0.3, 0.4) is 0 Å². The van der Waals surface area contributed by atoms with E-state index in [0.29, 0.717) is 5.41 Å². The van der Waals surface area contributed by atoms with Crippen LogP contribution in [-0.4, -0.2) is 46.3 Å². The van der Waals surface area contributed by atoms with E-state index in [2.05, 4.69) is 27.2 Å². The molecule has 1 aliphatic heterocycles. The van der Waals surface area contributed by atoms with E-state index in [-0.39, 0.29) is 0 Å². The van der Waals surface area contributed by atoms with Crippen LogP contribution in [0.1, 0.15) is 19.2 Å². The second-order valence-corrected chi connectivity index (χ2v) is 5.10. The summed E-state index contributed by atoms with van der Waals surface area (Å²) >= 11 is 0. The topological polar surface area (TPSA) is 46.0 Å². The monoisotopic (exact) mass is 223 g/mol. The van der Waals surface area contributed by atoms with Crippen LogP contribution in [0.15, 0.2) is 6.33 Å². The van der Waals surface area contributed by atoms with Gasteiger partial charge in [-0.05, 0) is 25.4 Å². The summed E-state index contributed by atoms with van der Waals surface area (Å²) < 4.78 is 1.85. The van der Waals surface area contributed by atoms with Gasteiger partial charge in [-0.25, -0.2) is 4.98 Å². The highest BCUT2D eigenvalue weighted by atomic mass is 15.3. The van der Waals surface area contributed by atoms with Gasteiger partial charge in [0.05, 0.1) is 6.54 Å². The fourth-order valence-corrected chi connectivity index (χ4v) is 2.50. The van der Waals surface area contributed by atoms with Crippen molar-refractivity contribution >= 4 is 0 Å². The maximum Gasteiger partial charge on any atom is 0.140 e. The van der Waals surface area contributed by atoms with Crippen molar-refractivity contribution in [3.05, 3.63) is 12.2 Å². The van der Waals surface area contributed by atoms with Crippen molar-refractivity contribution in [2.75, 3.05) is 26.7 Å². The van der Waals surface area contributed by atoms with E-state index < -0.39 is 0 Å². The molecule has 16 heavy (non-hydrogen) atoms. The Kier molecular flexibility index (Phi) is 3.25. The van der Waals surface area contributed by atoms with Crippen molar-refractivity contribution < 1.29 is 0 Å². The Morgan fingerprint density at radius 2 is 2.38 bits per heavy atom. The second-order valence-electron chi connectivity index (χ2n) is 5.10. The SMILES string of the molecule is CNCC1(C)CCN(Cc2ncnn2C)C1. The first-order valence-corrected chi connectivity index (χ1v) is 5.83. The van der Waals surface area contributed by atoms with Gasteiger partial charge in [-0.15, -0.1) is 0 Å². The van der Waals surface area contributed by atoms with Crippen molar-refractivity contribution in [2.24, 2.45) is 12.5 Å². The number of nitrogens with zero attached hydrogens (tertiary/aromatic N) is 4. The zero-order valence-electron chi connectivity index (χ0n) is 10.4. The normalized spacial score (nSPS) is 26.4. The van der Waals surface area contributed by atoms with E-state index in [1.54, 1.807) is 6.33 Å². The molecule has 2 heterocycles. The number of aryl methyl sites for hydroxylation is 1. The first kappa shape index (κ1) is 11.5. The lowest BCUT2D eigenvalue weighted by molar-refractivity contribution is 0.258. The van der Waals surface area contributed by atoms with Crippen LogP contribution in [0, 0.1) is 5.41 Å². The maximum absolute atomic E-state index is 4.27. The zero-order valence-corrected chi connectivity index (χ0v) is 10.4. The highest BCUT2D eigenvalue weighted by molar-refractivity contribution is 4.91. The van der Waals surface area contributed by atoms with Gasteiger partial charge in [0.15, 0.2) is 0 Å². The summed E-state index contributed by atoms with van der Waals surface area (Å²) in [7, 11) is 3.97. The fourth-order valence-electron chi connectivity index (χ4n) is 2.50. The van der Waals surface area contributed by atoms with E-state index in [1.165, 1.54) is 6.42 Å². The largest absolute Gasteiger partial charge is 0.319 e. The number of rotatable bonds is 4. The van der Waals surface area contributed by atoms with Crippen LogP contribution in [0.2, 0.25) is 0 Å². The van der Waals surface area contributed by atoms with Crippen LogP contribution in [0.5, 0.6) is 0 Å². The lowest BCUT2D eigenvalue weighted by Crippen LogP contribution is -2.33. The van der Waals surface area contributed by atoms with Crippen LogP contribution in [0.4, 0.5) is 0 Å². The minimum atomic E-state index is 0.410.